The van der Waals surface area contributed by atoms with Crippen molar-refractivity contribution in [3.8, 4) is 17.1 Å². The number of para-hydroxylation sites is 2. The average molecular weight is 443 g/mol. The first-order valence-electron chi connectivity index (χ1n) is 10.1. The summed E-state index contributed by atoms with van der Waals surface area (Å²) in [5.74, 6) is 2.65. The van der Waals surface area contributed by atoms with Crippen molar-refractivity contribution in [2.75, 3.05) is 5.32 Å². The van der Waals surface area contributed by atoms with Gasteiger partial charge < -0.3 is 14.8 Å². The van der Waals surface area contributed by atoms with Crippen LogP contribution in [0.3, 0.4) is 0 Å². The van der Waals surface area contributed by atoms with Gasteiger partial charge in [0.05, 0.1) is 34.5 Å². The van der Waals surface area contributed by atoms with Crippen molar-refractivity contribution in [3.63, 3.8) is 0 Å². The number of hydrogen-bond acceptors (Lipinski definition) is 8. The van der Waals surface area contributed by atoms with Gasteiger partial charge in [-0.3, -0.25) is 4.57 Å². The summed E-state index contributed by atoms with van der Waals surface area (Å²) in [6, 6.07) is 9.98. The first-order chi connectivity index (χ1) is 15.7. The average Bonchev–Trinajstić information content (AvgIpc) is 3.58. The number of aromatic nitrogens is 7. The van der Waals surface area contributed by atoms with Crippen molar-refractivity contribution in [3.05, 3.63) is 64.7 Å². The number of nitrogens with zero attached hydrogens (tertiary/aromatic N) is 6. The Balaban J connectivity index is 1.46. The van der Waals surface area contributed by atoms with Crippen molar-refractivity contribution in [2.45, 2.75) is 20.4 Å². The van der Waals surface area contributed by atoms with Gasteiger partial charge in [0.15, 0.2) is 22.8 Å². The quantitative estimate of drug-likeness (QED) is 0.400. The zero-order valence-electron chi connectivity index (χ0n) is 17.3. The third-order valence-electron chi connectivity index (χ3n) is 5.30. The molecular formula is C22H18N8OS. The molecule has 0 amide bonds. The Bertz CT molecular complexity index is 1510. The zero-order chi connectivity index (χ0) is 21.7. The van der Waals surface area contributed by atoms with E-state index in [4.69, 9.17) is 14.5 Å². The van der Waals surface area contributed by atoms with Gasteiger partial charge in [-0.25, -0.2) is 19.9 Å². The largest absolute Gasteiger partial charge is 0.361 e. The summed E-state index contributed by atoms with van der Waals surface area (Å²) in [6.07, 6.45) is 1.77. The number of anilines is 1. The van der Waals surface area contributed by atoms with E-state index in [1.807, 2.05) is 54.1 Å². The lowest BCUT2D eigenvalue weighted by Gasteiger charge is -2.08. The number of aromatic amines is 1. The van der Waals surface area contributed by atoms with E-state index in [1.165, 1.54) is 0 Å². The number of fused-ring (bicyclic) bond motifs is 2. The van der Waals surface area contributed by atoms with Gasteiger partial charge in [0.1, 0.15) is 17.9 Å². The van der Waals surface area contributed by atoms with Crippen LogP contribution in [0, 0.1) is 13.8 Å². The lowest BCUT2D eigenvalue weighted by atomic mass is 10.2. The summed E-state index contributed by atoms with van der Waals surface area (Å²) in [5.41, 5.74) is 5.85. The maximum atomic E-state index is 5.36. The van der Waals surface area contributed by atoms with Crippen LogP contribution < -0.4 is 5.32 Å². The van der Waals surface area contributed by atoms with Crippen molar-refractivity contribution < 1.29 is 4.52 Å². The molecular weight excluding hydrogens is 424 g/mol. The zero-order valence-corrected chi connectivity index (χ0v) is 18.1. The maximum Gasteiger partial charge on any atom is 0.170 e. The van der Waals surface area contributed by atoms with Crippen LogP contribution >= 0.6 is 11.3 Å². The van der Waals surface area contributed by atoms with Gasteiger partial charge in [0.2, 0.25) is 0 Å². The molecule has 6 aromatic rings. The van der Waals surface area contributed by atoms with E-state index in [2.05, 4.69) is 30.8 Å². The summed E-state index contributed by atoms with van der Waals surface area (Å²) >= 11 is 1.62. The van der Waals surface area contributed by atoms with E-state index < -0.39 is 0 Å². The van der Waals surface area contributed by atoms with Crippen LogP contribution in [-0.2, 0) is 6.54 Å². The second-order valence-corrected chi connectivity index (χ2v) is 8.20. The molecule has 0 saturated carbocycles. The molecule has 0 saturated heterocycles. The van der Waals surface area contributed by atoms with Gasteiger partial charge in [-0.15, -0.1) is 0 Å². The number of H-pyrrole nitrogens is 1. The molecule has 0 aliphatic heterocycles. The lowest BCUT2D eigenvalue weighted by molar-refractivity contribution is 0.393. The highest BCUT2D eigenvalue weighted by Gasteiger charge is 2.20. The Morgan fingerprint density at radius 1 is 1.12 bits per heavy atom. The smallest absolute Gasteiger partial charge is 0.170 e. The highest BCUT2D eigenvalue weighted by Crippen LogP contribution is 2.30. The first kappa shape index (κ1) is 18.7. The molecule has 0 radical (unpaired) electrons. The van der Waals surface area contributed by atoms with Gasteiger partial charge in [0, 0.05) is 5.38 Å². The first-order valence-corrected chi connectivity index (χ1v) is 11.0. The molecule has 0 unspecified atom stereocenters. The van der Waals surface area contributed by atoms with Crippen LogP contribution in [0.25, 0.3) is 39.3 Å². The van der Waals surface area contributed by atoms with Gasteiger partial charge in [-0.1, -0.05) is 17.3 Å². The Hall–Kier alpha value is -4.05. The third kappa shape index (κ3) is 3.04. The molecule has 6 rings (SSSR count). The van der Waals surface area contributed by atoms with Crippen LogP contribution in [-0.4, -0.2) is 34.6 Å². The minimum Gasteiger partial charge on any atom is -0.361 e. The summed E-state index contributed by atoms with van der Waals surface area (Å²) in [6.45, 7) is 4.21. The summed E-state index contributed by atoms with van der Waals surface area (Å²) in [5, 5.41) is 11.5. The monoisotopic (exact) mass is 442 g/mol. The van der Waals surface area contributed by atoms with E-state index in [1.54, 1.807) is 17.7 Å². The van der Waals surface area contributed by atoms with E-state index in [0.29, 0.717) is 35.1 Å². The van der Waals surface area contributed by atoms with Crippen LogP contribution in [0.5, 0.6) is 0 Å². The van der Waals surface area contributed by atoms with Crippen molar-refractivity contribution in [1.29, 1.82) is 0 Å². The lowest BCUT2D eigenvalue weighted by Crippen LogP contribution is -2.06. The third-order valence-corrected chi connectivity index (χ3v) is 5.97. The Kier molecular flexibility index (Phi) is 4.25. The molecule has 5 aromatic heterocycles. The molecule has 32 heavy (non-hydrogen) atoms. The second-order valence-electron chi connectivity index (χ2n) is 7.42. The van der Waals surface area contributed by atoms with E-state index in [-0.39, 0.29) is 0 Å². The molecule has 0 aliphatic carbocycles. The number of nitrogens with one attached hydrogen (secondary N) is 2. The maximum absolute atomic E-state index is 5.36. The van der Waals surface area contributed by atoms with E-state index in [0.717, 1.165) is 33.8 Å². The molecule has 0 bridgehead atoms. The van der Waals surface area contributed by atoms with Crippen LogP contribution in [0.15, 0.2) is 51.9 Å². The Morgan fingerprint density at radius 2 is 2.03 bits per heavy atom. The molecule has 158 valence electrons. The van der Waals surface area contributed by atoms with Crippen molar-refractivity contribution in [1.82, 2.24) is 34.6 Å². The Morgan fingerprint density at radius 3 is 2.81 bits per heavy atom. The van der Waals surface area contributed by atoms with E-state index >= 15 is 0 Å². The molecule has 2 N–H and O–H groups in total. The number of hydrogen-bond donors (Lipinski definition) is 2. The van der Waals surface area contributed by atoms with Crippen molar-refractivity contribution in [2.24, 2.45) is 0 Å². The number of aryl methyl sites for hydroxylation is 2. The second kappa shape index (κ2) is 7.27. The van der Waals surface area contributed by atoms with Crippen LogP contribution in [0.4, 0.5) is 5.82 Å². The molecule has 9 nitrogen and oxygen atoms in total. The highest BCUT2D eigenvalue weighted by atomic mass is 32.1. The number of thiophene rings is 1. The fourth-order valence-electron chi connectivity index (χ4n) is 3.78. The van der Waals surface area contributed by atoms with Gasteiger partial charge in [-0.05, 0) is 37.4 Å². The van der Waals surface area contributed by atoms with E-state index in [9.17, 15) is 0 Å². The molecule has 0 fully saturated rings. The molecule has 5 heterocycles. The molecule has 0 spiro atoms. The minimum atomic E-state index is 0.465. The SMILES string of the molecule is Cc1noc(C)c1-c1nc(NCc2nc3ccccc3[nH]2)c2ncn(-c3ccsc3)c2n1. The standard InChI is InChI=1S/C22H18N8OS/c1-12-18(13(2)31-29-12)20-27-21(23-9-17-25-15-5-3-4-6-16(15)26-17)19-22(28-20)30(11-24-19)14-7-8-32-10-14/h3-8,10-11H,9H2,1-2H3,(H,25,26)(H,23,27,28). The fraction of sp³-hybridized carbons (Fsp3) is 0.136. The van der Waals surface area contributed by atoms with Crippen LogP contribution in [0.1, 0.15) is 17.3 Å². The highest BCUT2D eigenvalue weighted by molar-refractivity contribution is 7.08. The summed E-state index contributed by atoms with van der Waals surface area (Å²) in [4.78, 5) is 22.2. The normalized spacial score (nSPS) is 11.6. The molecule has 0 aliphatic rings. The minimum absolute atomic E-state index is 0.465. The topological polar surface area (TPSA) is 110 Å². The van der Waals surface area contributed by atoms with Gasteiger partial charge >= 0.3 is 0 Å². The van der Waals surface area contributed by atoms with Gasteiger partial charge in [-0.2, -0.15) is 11.3 Å². The predicted molar refractivity (Wildman–Crippen MR) is 123 cm³/mol. The fourth-order valence-corrected chi connectivity index (χ4v) is 4.41. The Labute approximate surface area is 186 Å². The van der Waals surface area contributed by atoms with Crippen molar-refractivity contribution >= 4 is 39.4 Å². The summed E-state index contributed by atoms with van der Waals surface area (Å²) < 4.78 is 7.32. The molecule has 10 heteroatoms. The molecule has 1 aromatic carbocycles. The predicted octanol–water partition coefficient (Wildman–Crippen LogP) is 4.64. The number of imidazole rings is 2. The molecule has 0 atom stereocenters. The van der Waals surface area contributed by atoms with Gasteiger partial charge in [0.25, 0.3) is 0 Å². The number of benzene rings is 1. The van der Waals surface area contributed by atoms with Crippen LogP contribution in [0.2, 0.25) is 0 Å². The summed E-state index contributed by atoms with van der Waals surface area (Å²) in [7, 11) is 0. The number of rotatable bonds is 5.